The molecule has 3 N–H and O–H groups in total. The van der Waals surface area contributed by atoms with Crippen LogP contribution in [0.25, 0.3) is 0 Å². The van der Waals surface area contributed by atoms with Crippen LogP contribution < -0.4 is 11.1 Å². The number of nitrogens with one attached hydrogen (secondary N) is 1. The number of hydrogen-bond donors (Lipinski definition) is 2. The number of nitrogens with zero attached hydrogens (tertiary/aromatic N) is 1. The molecular formula is C19H29N3O2. The van der Waals surface area contributed by atoms with Gasteiger partial charge in [-0.2, -0.15) is 0 Å². The molecule has 0 spiro atoms. The van der Waals surface area contributed by atoms with Crippen LogP contribution in [0.2, 0.25) is 0 Å². The highest BCUT2D eigenvalue weighted by molar-refractivity contribution is 5.75. The third-order valence-electron chi connectivity index (χ3n) is 4.54. The third kappa shape index (κ3) is 5.87. The van der Waals surface area contributed by atoms with E-state index in [1.807, 2.05) is 23.1 Å². The Morgan fingerprint density at radius 3 is 2.67 bits per heavy atom. The van der Waals surface area contributed by atoms with Gasteiger partial charge in [-0.15, -0.1) is 0 Å². The third-order valence-corrected chi connectivity index (χ3v) is 4.54. The van der Waals surface area contributed by atoms with Gasteiger partial charge >= 0.3 is 6.03 Å². The zero-order chi connectivity index (χ0) is 17.6. The molecule has 1 aliphatic heterocycles. The van der Waals surface area contributed by atoms with Crippen LogP contribution in [0.4, 0.5) is 4.79 Å². The number of urea groups is 1. The number of amides is 3. The average molecular weight is 331 g/mol. The first-order valence-corrected chi connectivity index (χ1v) is 8.71. The van der Waals surface area contributed by atoms with Gasteiger partial charge in [0, 0.05) is 26.1 Å². The summed E-state index contributed by atoms with van der Waals surface area (Å²) in [5, 5.41) is 3.06. The minimum absolute atomic E-state index is 0.0145. The summed E-state index contributed by atoms with van der Waals surface area (Å²) in [7, 11) is 0. The van der Waals surface area contributed by atoms with Crippen molar-refractivity contribution >= 4 is 11.9 Å². The first kappa shape index (κ1) is 18.3. The molecule has 0 aromatic heterocycles. The van der Waals surface area contributed by atoms with Crippen molar-refractivity contribution in [2.24, 2.45) is 17.1 Å². The quantitative estimate of drug-likeness (QED) is 0.840. The Morgan fingerprint density at radius 1 is 1.29 bits per heavy atom. The second-order valence-corrected chi connectivity index (χ2v) is 7.61. The Hall–Kier alpha value is -2.04. The predicted octanol–water partition coefficient (Wildman–Crippen LogP) is 2.55. The Labute approximate surface area is 144 Å². The van der Waals surface area contributed by atoms with Gasteiger partial charge in [-0.05, 0) is 36.2 Å². The molecule has 0 radical (unpaired) electrons. The molecule has 1 aliphatic rings. The summed E-state index contributed by atoms with van der Waals surface area (Å²) in [4.78, 5) is 25.3. The van der Waals surface area contributed by atoms with Crippen LogP contribution in [-0.2, 0) is 11.2 Å². The second kappa shape index (κ2) is 8.18. The number of hydrogen-bond acceptors (Lipinski definition) is 2. The maximum Gasteiger partial charge on any atom is 0.317 e. The van der Waals surface area contributed by atoms with E-state index in [1.165, 1.54) is 5.56 Å². The van der Waals surface area contributed by atoms with E-state index >= 15 is 0 Å². The molecule has 1 fully saturated rings. The molecule has 5 nitrogen and oxygen atoms in total. The van der Waals surface area contributed by atoms with Crippen molar-refractivity contribution in [3.8, 4) is 0 Å². The number of carbonyl (C=O) groups is 2. The number of benzene rings is 1. The summed E-state index contributed by atoms with van der Waals surface area (Å²) < 4.78 is 0. The summed E-state index contributed by atoms with van der Waals surface area (Å²) in [5.74, 6) is -0.0921. The summed E-state index contributed by atoms with van der Waals surface area (Å²) in [6, 6.07) is 10.3. The normalized spacial score (nSPS) is 18.2. The van der Waals surface area contributed by atoms with E-state index in [0.717, 1.165) is 25.8 Å². The SMILES string of the molecule is CC(C)(CNC(=O)N1CCC[C@H](CC(N)=O)C1)Cc1ccccc1. The molecule has 1 saturated heterocycles. The monoisotopic (exact) mass is 331 g/mol. The van der Waals surface area contributed by atoms with Crippen molar-refractivity contribution in [1.82, 2.24) is 10.2 Å². The number of likely N-dealkylation sites (tertiary alicyclic amines) is 1. The first-order chi connectivity index (χ1) is 11.4. The topological polar surface area (TPSA) is 75.4 Å². The molecule has 0 aliphatic carbocycles. The number of carbonyl (C=O) groups excluding carboxylic acids is 2. The van der Waals surface area contributed by atoms with Gasteiger partial charge in [-0.1, -0.05) is 44.2 Å². The maximum atomic E-state index is 12.4. The summed E-state index contributed by atoms with van der Waals surface area (Å²) in [6.45, 7) is 6.31. The van der Waals surface area contributed by atoms with Crippen molar-refractivity contribution in [3.63, 3.8) is 0 Å². The average Bonchev–Trinajstić information content (AvgIpc) is 2.53. The fraction of sp³-hybridized carbons (Fsp3) is 0.579. The molecule has 2 rings (SSSR count). The molecule has 5 heteroatoms. The van der Waals surface area contributed by atoms with Crippen molar-refractivity contribution in [3.05, 3.63) is 35.9 Å². The zero-order valence-electron chi connectivity index (χ0n) is 14.8. The van der Waals surface area contributed by atoms with Gasteiger partial charge in [0.15, 0.2) is 0 Å². The van der Waals surface area contributed by atoms with E-state index in [4.69, 9.17) is 5.73 Å². The van der Waals surface area contributed by atoms with Crippen molar-refractivity contribution in [2.75, 3.05) is 19.6 Å². The number of piperidine rings is 1. The lowest BCUT2D eigenvalue weighted by atomic mass is 9.86. The van der Waals surface area contributed by atoms with E-state index in [2.05, 4.69) is 31.3 Å². The molecular weight excluding hydrogens is 302 g/mol. The van der Waals surface area contributed by atoms with E-state index in [1.54, 1.807) is 0 Å². The van der Waals surface area contributed by atoms with Gasteiger partial charge in [-0.3, -0.25) is 4.79 Å². The maximum absolute atomic E-state index is 12.4. The van der Waals surface area contributed by atoms with Gasteiger partial charge in [0.2, 0.25) is 5.91 Å². The Bertz CT molecular complexity index is 557. The summed E-state index contributed by atoms with van der Waals surface area (Å²) >= 11 is 0. The summed E-state index contributed by atoms with van der Waals surface area (Å²) in [5.41, 5.74) is 6.54. The van der Waals surface area contributed by atoms with Crippen LogP contribution in [-0.4, -0.2) is 36.5 Å². The molecule has 132 valence electrons. The highest BCUT2D eigenvalue weighted by Crippen LogP contribution is 2.22. The van der Waals surface area contributed by atoms with E-state index < -0.39 is 0 Å². The predicted molar refractivity (Wildman–Crippen MR) is 95.4 cm³/mol. The zero-order valence-corrected chi connectivity index (χ0v) is 14.8. The van der Waals surface area contributed by atoms with Gasteiger partial charge in [-0.25, -0.2) is 4.79 Å². The standard InChI is InChI=1S/C19H29N3O2/c1-19(2,12-15-7-4-3-5-8-15)14-21-18(24)22-10-6-9-16(13-22)11-17(20)23/h3-5,7-8,16H,6,9-14H2,1-2H3,(H2,20,23)(H,21,24)/t16-/m1/s1. The molecule has 1 aromatic carbocycles. The molecule has 0 bridgehead atoms. The Morgan fingerprint density at radius 2 is 2.00 bits per heavy atom. The fourth-order valence-electron chi connectivity index (χ4n) is 3.34. The minimum atomic E-state index is -0.286. The number of nitrogens with two attached hydrogens (primary N) is 1. The molecule has 0 unspecified atom stereocenters. The lowest BCUT2D eigenvalue weighted by Gasteiger charge is -2.33. The van der Waals surface area contributed by atoms with Gasteiger partial charge < -0.3 is 16.0 Å². The summed E-state index contributed by atoms with van der Waals surface area (Å²) in [6.07, 6.45) is 3.17. The minimum Gasteiger partial charge on any atom is -0.370 e. The molecule has 3 amide bonds. The van der Waals surface area contributed by atoms with Crippen LogP contribution in [0.5, 0.6) is 0 Å². The first-order valence-electron chi connectivity index (χ1n) is 8.71. The van der Waals surface area contributed by atoms with Crippen molar-refractivity contribution in [1.29, 1.82) is 0 Å². The lowest BCUT2D eigenvalue weighted by Crippen LogP contribution is -2.48. The van der Waals surface area contributed by atoms with E-state index in [0.29, 0.717) is 19.5 Å². The smallest absolute Gasteiger partial charge is 0.317 e. The molecule has 1 aromatic rings. The fourth-order valence-corrected chi connectivity index (χ4v) is 3.34. The van der Waals surface area contributed by atoms with Crippen LogP contribution in [0.3, 0.4) is 0 Å². The van der Waals surface area contributed by atoms with E-state index in [9.17, 15) is 9.59 Å². The van der Waals surface area contributed by atoms with Gasteiger partial charge in [0.1, 0.15) is 0 Å². The number of primary amides is 1. The molecule has 1 heterocycles. The van der Waals surface area contributed by atoms with Crippen molar-refractivity contribution in [2.45, 2.75) is 39.5 Å². The van der Waals surface area contributed by atoms with Crippen LogP contribution in [0.15, 0.2) is 30.3 Å². The van der Waals surface area contributed by atoms with Gasteiger partial charge in [0.25, 0.3) is 0 Å². The highest BCUT2D eigenvalue weighted by Gasteiger charge is 2.26. The second-order valence-electron chi connectivity index (χ2n) is 7.61. The Kier molecular flexibility index (Phi) is 6.23. The molecule has 1 atom stereocenters. The Balaban J connectivity index is 1.82. The van der Waals surface area contributed by atoms with Crippen LogP contribution >= 0.6 is 0 Å². The van der Waals surface area contributed by atoms with Gasteiger partial charge in [0.05, 0.1) is 0 Å². The molecule has 24 heavy (non-hydrogen) atoms. The number of rotatable bonds is 6. The van der Waals surface area contributed by atoms with Crippen LogP contribution in [0.1, 0.15) is 38.7 Å². The van der Waals surface area contributed by atoms with Crippen molar-refractivity contribution < 1.29 is 9.59 Å². The van der Waals surface area contributed by atoms with Crippen LogP contribution in [0, 0.1) is 11.3 Å². The highest BCUT2D eigenvalue weighted by atomic mass is 16.2. The largest absolute Gasteiger partial charge is 0.370 e. The molecule has 0 saturated carbocycles. The van der Waals surface area contributed by atoms with E-state index in [-0.39, 0.29) is 23.3 Å². The lowest BCUT2D eigenvalue weighted by molar-refractivity contribution is -0.119.